The van der Waals surface area contributed by atoms with Gasteiger partial charge in [0, 0.05) is 10.1 Å². The van der Waals surface area contributed by atoms with Gasteiger partial charge in [0.1, 0.15) is 12.4 Å². The third kappa shape index (κ3) is 2.76. The highest BCUT2D eigenvalue weighted by molar-refractivity contribution is 7.21. The zero-order chi connectivity index (χ0) is 15.5. The normalized spacial score (nSPS) is 10.6. The number of benzene rings is 2. The highest BCUT2D eigenvalue weighted by Gasteiger charge is 2.20. The average molecular weight is 314 g/mol. The second-order valence-electron chi connectivity index (χ2n) is 4.70. The molecular formula is C17H14O4S. The molecule has 0 aliphatic rings. The molecule has 0 amide bonds. The Morgan fingerprint density at radius 2 is 1.95 bits per heavy atom. The van der Waals surface area contributed by atoms with E-state index >= 15 is 0 Å². The van der Waals surface area contributed by atoms with E-state index in [-0.39, 0.29) is 4.88 Å². The van der Waals surface area contributed by atoms with Gasteiger partial charge in [0.25, 0.3) is 0 Å². The highest BCUT2D eigenvalue weighted by atomic mass is 32.1. The molecule has 0 saturated carbocycles. The van der Waals surface area contributed by atoms with Crippen LogP contribution in [-0.4, -0.2) is 18.2 Å². The van der Waals surface area contributed by atoms with E-state index in [9.17, 15) is 9.90 Å². The Morgan fingerprint density at radius 1 is 1.18 bits per heavy atom. The van der Waals surface area contributed by atoms with E-state index in [1.54, 1.807) is 13.2 Å². The van der Waals surface area contributed by atoms with Crippen LogP contribution in [0.15, 0.2) is 48.5 Å². The summed E-state index contributed by atoms with van der Waals surface area (Å²) in [5, 5.41) is 10.2. The third-order valence-corrected chi connectivity index (χ3v) is 4.41. The third-order valence-electron chi connectivity index (χ3n) is 3.27. The van der Waals surface area contributed by atoms with E-state index in [0.717, 1.165) is 15.6 Å². The Balaban J connectivity index is 2.01. The number of carbonyl (C=O) groups is 1. The molecule has 2 aromatic carbocycles. The van der Waals surface area contributed by atoms with Crippen LogP contribution in [0.4, 0.5) is 0 Å². The van der Waals surface area contributed by atoms with Crippen LogP contribution < -0.4 is 9.47 Å². The van der Waals surface area contributed by atoms with E-state index in [1.165, 1.54) is 11.3 Å². The zero-order valence-electron chi connectivity index (χ0n) is 11.9. The predicted octanol–water partition coefficient (Wildman–Crippen LogP) is 4.19. The van der Waals surface area contributed by atoms with Crippen molar-refractivity contribution >= 4 is 27.4 Å². The number of thiophene rings is 1. The van der Waals surface area contributed by atoms with Gasteiger partial charge in [-0.3, -0.25) is 0 Å². The van der Waals surface area contributed by atoms with Crippen molar-refractivity contribution in [3.63, 3.8) is 0 Å². The zero-order valence-corrected chi connectivity index (χ0v) is 12.7. The molecule has 0 unspecified atom stereocenters. The summed E-state index contributed by atoms with van der Waals surface area (Å²) < 4.78 is 11.9. The van der Waals surface area contributed by atoms with Crippen molar-refractivity contribution in [3.05, 3.63) is 59.0 Å². The van der Waals surface area contributed by atoms with Crippen LogP contribution in [0.2, 0.25) is 0 Å². The molecule has 4 nitrogen and oxygen atoms in total. The van der Waals surface area contributed by atoms with Crippen LogP contribution >= 0.6 is 11.3 Å². The van der Waals surface area contributed by atoms with Crippen molar-refractivity contribution in [2.45, 2.75) is 6.61 Å². The number of carboxylic acids is 1. The molecule has 0 bridgehead atoms. The van der Waals surface area contributed by atoms with Crippen LogP contribution in [0.5, 0.6) is 11.5 Å². The summed E-state index contributed by atoms with van der Waals surface area (Å²) in [6.07, 6.45) is 0. The Labute approximate surface area is 131 Å². The minimum absolute atomic E-state index is 0.208. The minimum Gasteiger partial charge on any atom is -0.497 e. The van der Waals surface area contributed by atoms with Crippen molar-refractivity contribution < 1.29 is 19.4 Å². The summed E-state index contributed by atoms with van der Waals surface area (Å²) in [5.74, 6) is 0.0882. The van der Waals surface area contributed by atoms with Gasteiger partial charge >= 0.3 is 5.97 Å². The smallest absolute Gasteiger partial charge is 0.349 e. The SMILES string of the molecule is COc1ccc2sc(C(=O)O)c(OCc3ccccc3)c2c1. The first-order chi connectivity index (χ1) is 10.7. The van der Waals surface area contributed by atoms with Gasteiger partial charge in [-0.15, -0.1) is 11.3 Å². The first kappa shape index (κ1) is 14.4. The monoisotopic (exact) mass is 314 g/mol. The van der Waals surface area contributed by atoms with Gasteiger partial charge in [0.2, 0.25) is 0 Å². The van der Waals surface area contributed by atoms with Crippen LogP contribution in [-0.2, 0) is 6.61 Å². The molecule has 0 saturated heterocycles. The van der Waals surface area contributed by atoms with Crippen LogP contribution in [0.3, 0.4) is 0 Å². The molecule has 5 heteroatoms. The molecular weight excluding hydrogens is 300 g/mol. The standard InChI is InChI=1S/C17H14O4S/c1-20-12-7-8-14-13(9-12)15(16(22-14)17(18)19)21-10-11-5-3-2-4-6-11/h2-9H,10H2,1H3,(H,18,19). The number of hydrogen-bond acceptors (Lipinski definition) is 4. The topological polar surface area (TPSA) is 55.8 Å². The number of ether oxygens (including phenoxy) is 2. The number of carboxylic acid groups (broad SMARTS) is 1. The molecule has 1 N–H and O–H groups in total. The number of aromatic carboxylic acids is 1. The highest BCUT2D eigenvalue weighted by Crippen LogP contribution is 2.40. The van der Waals surface area contributed by atoms with E-state index in [2.05, 4.69) is 0 Å². The molecule has 22 heavy (non-hydrogen) atoms. The van der Waals surface area contributed by atoms with E-state index < -0.39 is 5.97 Å². The van der Waals surface area contributed by atoms with Crippen LogP contribution in [0, 0.1) is 0 Å². The lowest BCUT2D eigenvalue weighted by molar-refractivity contribution is 0.0698. The maximum Gasteiger partial charge on any atom is 0.349 e. The van der Waals surface area contributed by atoms with Gasteiger partial charge in [-0.25, -0.2) is 4.79 Å². The van der Waals surface area contributed by atoms with Crippen molar-refractivity contribution in [2.75, 3.05) is 7.11 Å². The Morgan fingerprint density at radius 3 is 2.64 bits per heavy atom. The fourth-order valence-electron chi connectivity index (χ4n) is 2.19. The quantitative estimate of drug-likeness (QED) is 0.767. The average Bonchev–Trinajstić information content (AvgIpc) is 2.91. The summed E-state index contributed by atoms with van der Waals surface area (Å²) in [5.41, 5.74) is 0.987. The summed E-state index contributed by atoms with van der Waals surface area (Å²) in [6, 6.07) is 15.1. The summed E-state index contributed by atoms with van der Waals surface area (Å²) in [6.45, 7) is 0.324. The molecule has 0 radical (unpaired) electrons. The Hall–Kier alpha value is -2.53. The Bertz CT molecular complexity index is 808. The minimum atomic E-state index is -0.983. The van der Waals surface area contributed by atoms with Crippen LogP contribution in [0.25, 0.3) is 10.1 Å². The van der Waals surface area contributed by atoms with Crippen molar-refractivity contribution in [2.24, 2.45) is 0 Å². The second-order valence-corrected chi connectivity index (χ2v) is 5.75. The van der Waals surface area contributed by atoms with Gasteiger partial charge in [-0.1, -0.05) is 30.3 Å². The van der Waals surface area contributed by atoms with Gasteiger partial charge in [0.05, 0.1) is 7.11 Å². The fourth-order valence-corrected chi connectivity index (χ4v) is 3.16. The molecule has 0 fully saturated rings. The van der Waals surface area contributed by atoms with E-state index in [0.29, 0.717) is 18.1 Å². The van der Waals surface area contributed by atoms with Gasteiger partial charge in [-0.2, -0.15) is 0 Å². The van der Waals surface area contributed by atoms with Gasteiger partial charge in [-0.05, 0) is 23.8 Å². The van der Waals surface area contributed by atoms with Crippen molar-refractivity contribution in [3.8, 4) is 11.5 Å². The lowest BCUT2D eigenvalue weighted by Gasteiger charge is -2.07. The molecule has 0 atom stereocenters. The maximum atomic E-state index is 11.5. The largest absolute Gasteiger partial charge is 0.497 e. The summed E-state index contributed by atoms with van der Waals surface area (Å²) >= 11 is 1.21. The first-order valence-electron chi connectivity index (χ1n) is 6.69. The lowest BCUT2D eigenvalue weighted by Crippen LogP contribution is -2.00. The summed E-state index contributed by atoms with van der Waals surface area (Å²) in [4.78, 5) is 11.7. The lowest BCUT2D eigenvalue weighted by atomic mass is 10.2. The number of rotatable bonds is 5. The maximum absolute atomic E-state index is 11.5. The summed E-state index contributed by atoms with van der Waals surface area (Å²) in [7, 11) is 1.58. The molecule has 0 spiro atoms. The molecule has 0 aliphatic carbocycles. The number of methoxy groups -OCH3 is 1. The molecule has 112 valence electrons. The molecule has 0 aliphatic heterocycles. The fraction of sp³-hybridized carbons (Fsp3) is 0.118. The number of fused-ring (bicyclic) bond motifs is 1. The molecule has 3 aromatic rings. The molecule has 3 rings (SSSR count). The van der Waals surface area contributed by atoms with Crippen molar-refractivity contribution in [1.29, 1.82) is 0 Å². The molecule has 1 heterocycles. The molecule has 1 aromatic heterocycles. The van der Waals surface area contributed by atoms with Crippen molar-refractivity contribution in [1.82, 2.24) is 0 Å². The van der Waals surface area contributed by atoms with E-state index in [1.807, 2.05) is 42.5 Å². The van der Waals surface area contributed by atoms with Gasteiger partial charge < -0.3 is 14.6 Å². The predicted molar refractivity (Wildman–Crippen MR) is 86.1 cm³/mol. The second kappa shape index (κ2) is 6.07. The Kier molecular flexibility index (Phi) is 3.98. The van der Waals surface area contributed by atoms with E-state index in [4.69, 9.17) is 9.47 Å². The van der Waals surface area contributed by atoms with Gasteiger partial charge in [0.15, 0.2) is 10.6 Å². The number of hydrogen-bond donors (Lipinski definition) is 1. The van der Waals surface area contributed by atoms with Crippen LogP contribution in [0.1, 0.15) is 15.2 Å². The first-order valence-corrected chi connectivity index (χ1v) is 7.51.